The van der Waals surface area contributed by atoms with Gasteiger partial charge in [0, 0.05) is 22.4 Å². The van der Waals surface area contributed by atoms with Crippen LogP contribution in [0.15, 0.2) is 0 Å². The molecule has 0 aromatic heterocycles. The lowest BCUT2D eigenvalue weighted by Gasteiger charge is -2.27. The Bertz CT molecular complexity index is 187. The van der Waals surface area contributed by atoms with Crippen molar-refractivity contribution >= 4 is 7.94 Å². The first-order valence-electron chi connectivity index (χ1n) is 4.31. The standard InChI is InChI=1S/C7H15NO3P/c1-7(2,12(9)10-11-12)8-5-3-4-6-8/h9H,3-6H2,1-2H3/q+1. The lowest BCUT2D eigenvalue weighted by molar-refractivity contribution is 0.0850. The van der Waals surface area contributed by atoms with E-state index in [1.807, 2.05) is 13.8 Å². The molecule has 70 valence electrons. The number of rotatable bonds is 2. The van der Waals surface area contributed by atoms with E-state index < -0.39 is 7.94 Å². The summed E-state index contributed by atoms with van der Waals surface area (Å²) in [5.41, 5.74) is 0. The highest BCUT2D eigenvalue weighted by Gasteiger charge is 2.76. The minimum Gasteiger partial charge on any atom is -0.260 e. The predicted molar refractivity (Wildman–Crippen MR) is 46.2 cm³/mol. The van der Waals surface area contributed by atoms with E-state index in [0.717, 1.165) is 13.1 Å². The molecular weight excluding hydrogens is 177 g/mol. The van der Waals surface area contributed by atoms with Gasteiger partial charge in [0.05, 0.1) is 0 Å². The van der Waals surface area contributed by atoms with E-state index in [1.54, 1.807) is 0 Å². The fourth-order valence-electron chi connectivity index (χ4n) is 1.66. The van der Waals surface area contributed by atoms with E-state index in [1.165, 1.54) is 12.8 Å². The van der Waals surface area contributed by atoms with E-state index in [-0.39, 0.29) is 5.28 Å². The minimum absolute atomic E-state index is 0.316. The van der Waals surface area contributed by atoms with Crippen molar-refractivity contribution in [2.24, 2.45) is 0 Å². The summed E-state index contributed by atoms with van der Waals surface area (Å²) in [4.78, 5) is 12.0. The third-order valence-electron chi connectivity index (χ3n) is 2.79. The van der Waals surface area contributed by atoms with Crippen molar-refractivity contribution in [1.29, 1.82) is 0 Å². The summed E-state index contributed by atoms with van der Waals surface area (Å²) in [7, 11) is -2.49. The van der Waals surface area contributed by atoms with Crippen LogP contribution in [0, 0.1) is 0 Å². The molecule has 2 saturated heterocycles. The Morgan fingerprint density at radius 1 is 1.25 bits per heavy atom. The molecule has 5 heteroatoms. The van der Waals surface area contributed by atoms with Crippen LogP contribution in [0.4, 0.5) is 0 Å². The molecule has 0 bridgehead atoms. The third kappa shape index (κ3) is 1.19. The molecule has 0 saturated carbocycles. The molecule has 0 aromatic carbocycles. The fraction of sp³-hybridized carbons (Fsp3) is 1.00. The van der Waals surface area contributed by atoms with Crippen molar-refractivity contribution in [2.45, 2.75) is 32.0 Å². The van der Waals surface area contributed by atoms with Crippen molar-refractivity contribution in [3.05, 3.63) is 0 Å². The van der Waals surface area contributed by atoms with Crippen LogP contribution in [-0.2, 0) is 9.35 Å². The first-order valence-corrected chi connectivity index (χ1v) is 5.89. The van der Waals surface area contributed by atoms with Crippen molar-refractivity contribution in [3.63, 3.8) is 0 Å². The third-order valence-corrected chi connectivity index (χ3v) is 4.88. The van der Waals surface area contributed by atoms with Crippen molar-refractivity contribution < 1.29 is 14.2 Å². The van der Waals surface area contributed by atoms with Gasteiger partial charge < -0.3 is 0 Å². The normalized spacial score (nSPS) is 29.2. The van der Waals surface area contributed by atoms with E-state index in [0.29, 0.717) is 0 Å². The van der Waals surface area contributed by atoms with E-state index in [9.17, 15) is 4.89 Å². The van der Waals surface area contributed by atoms with Gasteiger partial charge in [-0.1, -0.05) is 0 Å². The second kappa shape index (κ2) is 2.63. The van der Waals surface area contributed by atoms with Gasteiger partial charge in [-0.05, 0) is 26.7 Å². The average Bonchev–Trinajstić information content (AvgIpc) is 2.59. The van der Waals surface area contributed by atoms with Gasteiger partial charge in [-0.15, -0.1) is 0 Å². The van der Waals surface area contributed by atoms with Crippen LogP contribution in [0.1, 0.15) is 26.7 Å². The summed E-state index contributed by atoms with van der Waals surface area (Å²) in [5, 5.41) is -0.316. The lowest BCUT2D eigenvalue weighted by Crippen LogP contribution is -2.40. The van der Waals surface area contributed by atoms with Crippen molar-refractivity contribution in [1.82, 2.24) is 4.90 Å². The molecule has 4 nitrogen and oxygen atoms in total. The molecule has 1 N–H and O–H groups in total. The summed E-state index contributed by atoms with van der Waals surface area (Å²) in [6.45, 7) is 6.06. The monoisotopic (exact) mass is 192 g/mol. The van der Waals surface area contributed by atoms with Gasteiger partial charge in [-0.3, -0.25) is 4.90 Å². The van der Waals surface area contributed by atoms with Gasteiger partial charge in [-0.2, -0.15) is 4.89 Å². The molecule has 2 aliphatic heterocycles. The number of nitrogens with zero attached hydrogens (tertiary/aromatic N) is 1. The maximum absolute atomic E-state index is 9.74. The first kappa shape index (κ1) is 8.85. The van der Waals surface area contributed by atoms with Gasteiger partial charge in [0.2, 0.25) is 5.28 Å². The second-order valence-corrected chi connectivity index (χ2v) is 6.29. The van der Waals surface area contributed by atoms with E-state index >= 15 is 0 Å². The number of hydrogen-bond donors (Lipinski definition) is 1. The molecule has 0 amide bonds. The zero-order valence-electron chi connectivity index (χ0n) is 7.49. The predicted octanol–water partition coefficient (Wildman–Crippen LogP) is 1.53. The summed E-state index contributed by atoms with van der Waals surface area (Å²) in [6, 6.07) is 0. The van der Waals surface area contributed by atoms with E-state index in [4.69, 9.17) is 9.35 Å². The maximum Gasteiger partial charge on any atom is 0.515 e. The Hall–Kier alpha value is 0.270. The lowest BCUT2D eigenvalue weighted by atomic mass is 10.3. The Morgan fingerprint density at radius 2 is 1.75 bits per heavy atom. The Morgan fingerprint density at radius 3 is 2.17 bits per heavy atom. The molecule has 2 fully saturated rings. The highest BCUT2D eigenvalue weighted by Crippen LogP contribution is 2.81. The molecule has 12 heavy (non-hydrogen) atoms. The molecule has 2 heterocycles. The van der Waals surface area contributed by atoms with Crippen LogP contribution in [-0.4, -0.2) is 28.2 Å². The largest absolute Gasteiger partial charge is 0.515 e. The quantitative estimate of drug-likeness (QED) is 0.409. The number of likely N-dealkylation sites (tertiary alicyclic amines) is 1. The fourth-order valence-corrected chi connectivity index (χ4v) is 2.83. The minimum atomic E-state index is -2.49. The Kier molecular flexibility index (Phi) is 1.94. The molecular formula is C7H15NO3P+. The highest BCUT2D eigenvalue weighted by atomic mass is 31.2. The van der Waals surface area contributed by atoms with Crippen LogP contribution >= 0.6 is 7.94 Å². The molecule has 0 unspecified atom stereocenters. The topological polar surface area (TPSA) is 48.5 Å². The van der Waals surface area contributed by atoms with Crippen LogP contribution in [0.25, 0.3) is 0 Å². The SMILES string of the molecule is CC(C)(N1CCCC1)[P+]1(O)OO1. The molecule has 0 atom stereocenters. The van der Waals surface area contributed by atoms with Gasteiger partial charge in [0.25, 0.3) is 0 Å². The molecule has 2 aliphatic rings. The summed E-state index contributed by atoms with van der Waals surface area (Å²) >= 11 is 0. The van der Waals surface area contributed by atoms with Gasteiger partial charge in [-0.25, -0.2) is 0 Å². The maximum atomic E-state index is 9.74. The molecule has 0 spiro atoms. The molecule has 2 rings (SSSR count). The number of hydrogen-bond acceptors (Lipinski definition) is 4. The summed E-state index contributed by atoms with van der Waals surface area (Å²) < 4.78 is 9.40. The summed E-state index contributed by atoms with van der Waals surface area (Å²) in [5.74, 6) is 0. The van der Waals surface area contributed by atoms with Crippen LogP contribution in [0.3, 0.4) is 0 Å². The van der Waals surface area contributed by atoms with Crippen molar-refractivity contribution in [2.75, 3.05) is 13.1 Å². The zero-order valence-corrected chi connectivity index (χ0v) is 8.38. The molecule has 0 aromatic rings. The van der Waals surface area contributed by atoms with Gasteiger partial charge >= 0.3 is 7.94 Å². The molecule has 0 radical (unpaired) electrons. The average molecular weight is 192 g/mol. The van der Waals surface area contributed by atoms with Gasteiger partial charge in [0.15, 0.2) is 0 Å². The first-order chi connectivity index (χ1) is 5.56. The van der Waals surface area contributed by atoms with Gasteiger partial charge in [0.1, 0.15) is 0 Å². The Labute approximate surface area is 73.0 Å². The van der Waals surface area contributed by atoms with Crippen LogP contribution < -0.4 is 0 Å². The zero-order chi connectivity index (χ0) is 8.82. The van der Waals surface area contributed by atoms with E-state index in [2.05, 4.69) is 4.90 Å². The smallest absolute Gasteiger partial charge is 0.260 e. The van der Waals surface area contributed by atoms with Crippen molar-refractivity contribution in [3.8, 4) is 0 Å². The summed E-state index contributed by atoms with van der Waals surface area (Å²) in [6.07, 6.45) is 2.42. The second-order valence-electron chi connectivity index (χ2n) is 3.86. The molecule has 0 aliphatic carbocycles. The highest BCUT2D eigenvalue weighted by molar-refractivity contribution is 7.66. The van der Waals surface area contributed by atoms with Crippen LogP contribution in [0.5, 0.6) is 0 Å². The Balaban J connectivity index is 2.08. The van der Waals surface area contributed by atoms with Crippen LogP contribution in [0.2, 0.25) is 0 Å².